The second-order valence-electron chi connectivity index (χ2n) is 4.83. The van der Waals surface area contributed by atoms with Crippen LogP contribution in [0.4, 0.5) is 5.69 Å². The lowest BCUT2D eigenvalue weighted by Gasteiger charge is -2.26. The van der Waals surface area contributed by atoms with E-state index in [0.717, 1.165) is 26.4 Å². The van der Waals surface area contributed by atoms with Crippen LogP contribution in [0, 0.1) is 10.1 Å². The summed E-state index contributed by atoms with van der Waals surface area (Å²) in [6.45, 7) is 5.26. The molecule has 1 heterocycles. The third kappa shape index (κ3) is 5.90. The smallest absolute Gasteiger partial charge is 0.286 e. The van der Waals surface area contributed by atoms with Gasteiger partial charge in [0.05, 0.1) is 25.2 Å². The fourth-order valence-corrected chi connectivity index (χ4v) is 2.46. The van der Waals surface area contributed by atoms with Crippen molar-refractivity contribution in [2.45, 2.75) is 33.1 Å². The Morgan fingerprint density at radius 3 is 2.00 bits per heavy atom. The van der Waals surface area contributed by atoms with Gasteiger partial charge in [-0.15, -0.1) is 0 Å². The van der Waals surface area contributed by atoms with Crippen LogP contribution in [-0.2, 0) is 0 Å². The molecule has 0 aromatic heterocycles. The maximum Gasteiger partial charge on any atom is 0.286 e. The van der Waals surface area contributed by atoms with E-state index in [1.54, 1.807) is 4.90 Å². The zero-order chi connectivity index (χ0) is 19.4. The average Bonchev–Trinajstić information content (AvgIpc) is 2.69. The highest BCUT2D eigenvalue weighted by atomic mass is 16.6. The number of hydrogen-bond donors (Lipinski definition) is 1. The van der Waals surface area contributed by atoms with Crippen LogP contribution in [0.1, 0.15) is 43.5 Å². The van der Waals surface area contributed by atoms with Crippen molar-refractivity contribution in [1.29, 1.82) is 0 Å². The van der Waals surface area contributed by atoms with Crippen LogP contribution < -0.4 is 9.47 Å². The molecule has 0 atom stereocenters. The highest BCUT2D eigenvalue weighted by molar-refractivity contribution is 5.99. The molecule has 1 fully saturated rings. The number of rotatable bonds is 4. The van der Waals surface area contributed by atoms with Gasteiger partial charge in [0.15, 0.2) is 11.5 Å². The zero-order valence-corrected chi connectivity index (χ0v) is 15.6. The Bertz CT molecular complexity index is 556. The van der Waals surface area contributed by atoms with Crippen LogP contribution >= 0.6 is 0 Å². The molecule has 1 aliphatic heterocycles. The SMILES string of the molecule is CC.CO.COc1cc(C(=O)N2CCCCC2)c([N+](=O)[O-])cc1OC. The van der Waals surface area contributed by atoms with Crippen LogP contribution in [0.5, 0.6) is 11.5 Å². The molecule has 142 valence electrons. The lowest BCUT2D eigenvalue weighted by atomic mass is 10.1. The van der Waals surface area contributed by atoms with Crippen LogP contribution in [0.3, 0.4) is 0 Å². The quantitative estimate of drug-likeness (QED) is 0.657. The lowest BCUT2D eigenvalue weighted by Crippen LogP contribution is -2.35. The monoisotopic (exact) mass is 356 g/mol. The molecule has 0 aliphatic carbocycles. The standard InChI is InChI=1S/C14H18N2O5.C2H6.CH4O/c1-20-12-8-10(11(16(18)19)9-13(12)21-2)14(17)15-6-4-3-5-7-15;2*1-2/h8-9H,3-7H2,1-2H3;1-2H3;2H,1H3. The zero-order valence-electron chi connectivity index (χ0n) is 15.6. The fourth-order valence-electron chi connectivity index (χ4n) is 2.46. The van der Waals surface area contributed by atoms with Gasteiger partial charge in [0.25, 0.3) is 11.6 Å². The van der Waals surface area contributed by atoms with Crippen molar-refractivity contribution >= 4 is 11.6 Å². The van der Waals surface area contributed by atoms with Crippen molar-refractivity contribution in [3.05, 3.63) is 27.8 Å². The first-order valence-electron chi connectivity index (χ1n) is 8.23. The van der Waals surface area contributed by atoms with Crippen molar-refractivity contribution < 1.29 is 24.3 Å². The maximum atomic E-state index is 12.5. The number of benzene rings is 1. The summed E-state index contributed by atoms with van der Waals surface area (Å²) in [7, 11) is 3.83. The lowest BCUT2D eigenvalue weighted by molar-refractivity contribution is -0.385. The highest BCUT2D eigenvalue weighted by Gasteiger charge is 2.28. The molecular formula is C17H28N2O6. The van der Waals surface area contributed by atoms with Crippen LogP contribution in [0.2, 0.25) is 0 Å². The van der Waals surface area contributed by atoms with Crippen molar-refractivity contribution in [3.8, 4) is 11.5 Å². The second-order valence-corrected chi connectivity index (χ2v) is 4.83. The largest absolute Gasteiger partial charge is 0.493 e. The summed E-state index contributed by atoms with van der Waals surface area (Å²) in [4.78, 5) is 24.8. The molecule has 0 radical (unpaired) electrons. The molecular weight excluding hydrogens is 328 g/mol. The number of aliphatic hydroxyl groups excluding tert-OH is 1. The van der Waals surface area contributed by atoms with Crippen molar-refractivity contribution in [2.75, 3.05) is 34.4 Å². The first-order chi connectivity index (χ1) is 12.1. The molecule has 1 aliphatic rings. The minimum atomic E-state index is -0.570. The van der Waals surface area contributed by atoms with E-state index in [2.05, 4.69) is 0 Å². The summed E-state index contributed by atoms with van der Waals surface area (Å²) in [6.07, 6.45) is 2.93. The molecule has 1 N–H and O–H groups in total. The Labute approximate surface area is 148 Å². The van der Waals surface area contributed by atoms with E-state index >= 15 is 0 Å². The second kappa shape index (κ2) is 12.1. The van der Waals surface area contributed by atoms with Crippen molar-refractivity contribution in [1.82, 2.24) is 4.90 Å². The van der Waals surface area contributed by atoms with E-state index in [0.29, 0.717) is 18.8 Å². The van der Waals surface area contributed by atoms with Crippen LogP contribution in [0.25, 0.3) is 0 Å². The molecule has 0 unspecified atom stereocenters. The average molecular weight is 356 g/mol. The molecule has 0 spiro atoms. The number of aliphatic hydroxyl groups is 1. The van der Waals surface area contributed by atoms with E-state index in [-0.39, 0.29) is 22.9 Å². The number of nitrogens with zero attached hydrogens (tertiary/aromatic N) is 2. The molecule has 25 heavy (non-hydrogen) atoms. The molecule has 0 saturated carbocycles. The summed E-state index contributed by atoms with van der Waals surface area (Å²) >= 11 is 0. The molecule has 2 rings (SSSR count). The summed E-state index contributed by atoms with van der Waals surface area (Å²) in [5, 5.41) is 18.2. The molecule has 1 aromatic rings. The first-order valence-corrected chi connectivity index (χ1v) is 8.23. The third-order valence-corrected chi connectivity index (χ3v) is 3.57. The van der Waals surface area contributed by atoms with Crippen molar-refractivity contribution in [3.63, 3.8) is 0 Å². The Kier molecular flexibility index (Phi) is 10.9. The Hall–Kier alpha value is -2.35. The van der Waals surface area contributed by atoms with Gasteiger partial charge in [0, 0.05) is 26.3 Å². The van der Waals surface area contributed by atoms with Gasteiger partial charge in [0.2, 0.25) is 0 Å². The summed E-state index contributed by atoms with van der Waals surface area (Å²) in [6, 6.07) is 2.61. The number of amides is 1. The van der Waals surface area contributed by atoms with Gasteiger partial charge < -0.3 is 19.5 Å². The first kappa shape index (κ1) is 22.6. The number of ether oxygens (including phenoxy) is 2. The van der Waals surface area contributed by atoms with E-state index in [9.17, 15) is 14.9 Å². The number of carbonyl (C=O) groups is 1. The summed E-state index contributed by atoms with van der Waals surface area (Å²) in [5.41, 5.74) is -0.220. The van der Waals surface area contributed by atoms with E-state index in [1.165, 1.54) is 26.4 Å². The summed E-state index contributed by atoms with van der Waals surface area (Å²) < 4.78 is 10.2. The number of nitro benzene ring substituents is 1. The number of hydrogen-bond acceptors (Lipinski definition) is 6. The van der Waals surface area contributed by atoms with Gasteiger partial charge >= 0.3 is 0 Å². The molecule has 1 aromatic carbocycles. The minimum Gasteiger partial charge on any atom is -0.493 e. The number of piperidine rings is 1. The molecule has 1 amide bonds. The van der Waals surface area contributed by atoms with E-state index in [4.69, 9.17) is 14.6 Å². The van der Waals surface area contributed by atoms with Gasteiger partial charge in [0.1, 0.15) is 5.56 Å². The van der Waals surface area contributed by atoms with Gasteiger partial charge in [-0.25, -0.2) is 0 Å². The number of likely N-dealkylation sites (tertiary alicyclic amines) is 1. The number of methoxy groups -OCH3 is 2. The Balaban J connectivity index is 0.00000134. The van der Waals surface area contributed by atoms with Crippen LogP contribution in [-0.4, -0.2) is 55.3 Å². The molecule has 8 nitrogen and oxygen atoms in total. The third-order valence-electron chi connectivity index (χ3n) is 3.57. The number of carbonyl (C=O) groups excluding carboxylic acids is 1. The topological polar surface area (TPSA) is 102 Å². The van der Waals surface area contributed by atoms with Crippen LogP contribution in [0.15, 0.2) is 12.1 Å². The number of nitro groups is 1. The van der Waals surface area contributed by atoms with Gasteiger partial charge in [-0.05, 0) is 19.3 Å². The summed E-state index contributed by atoms with van der Waals surface area (Å²) in [5.74, 6) is 0.213. The highest BCUT2D eigenvalue weighted by Crippen LogP contribution is 2.35. The Morgan fingerprint density at radius 1 is 1.08 bits per heavy atom. The van der Waals surface area contributed by atoms with E-state index < -0.39 is 4.92 Å². The molecule has 0 bridgehead atoms. The predicted octanol–water partition coefficient (Wildman–Crippen LogP) is 2.87. The van der Waals surface area contributed by atoms with Gasteiger partial charge in [-0.3, -0.25) is 14.9 Å². The van der Waals surface area contributed by atoms with Crippen molar-refractivity contribution in [2.24, 2.45) is 0 Å². The van der Waals surface area contributed by atoms with Gasteiger partial charge in [-0.1, -0.05) is 13.8 Å². The fraction of sp³-hybridized carbons (Fsp3) is 0.588. The maximum absolute atomic E-state index is 12.5. The van der Waals surface area contributed by atoms with E-state index in [1.807, 2.05) is 13.8 Å². The molecule has 8 heteroatoms. The predicted molar refractivity (Wildman–Crippen MR) is 95.4 cm³/mol. The minimum absolute atomic E-state index is 0.0413. The van der Waals surface area contributed by atoms with Gasteiger partial charge in [-0.2, -0.15) is 0 Å². The molecule has 1 saturated heterocycles. The normalized spacial score (nSPS) is 12.8. The Morgan fingerprint density at radius 2 is 1.56 bits per heavy atom.